The third-order valence-electron chi connectivity index (χ3n) is 2.84. The Hall–Kier alpha value is -1.65. The minimum Gasteiger partial charge on any atom is -0.395 e. The van der Waals surface area contributed by atoms with Gasteiger partial charge in [0.15, 0.2) is 0 Å². The van der Waals surface area contributed by atoms with Gasteiger partial charge in [-0.15, -0.1) is 6.58 Å². The molecule has 0 aliphatic rings. The summed E-state index contributed by atoms with van der Waals surface area (Å²) in [6.07, 6.45) is 2.33. The lowest BCUT2D eigenvalue weighted by Gasteiger charge is -2.21. The normalized spacial score (nSPS) is 13.6. The van der Waals surface area contributed by atoms with Crippen molar-refractivity contribution in [3.8, 4) is 0 Å². The molecule has 0 fully saturated rings. The standard InChI is InChI=1S/C15H22N2O2/c1-3-9-16-15(19)12(2)17-14(11-18)10-13-7-5-4-6-8-13/h3-8,12,14,17-18H,1,9-11H2,2H3,(H,16,19). The van der Waals surface area contributed by atoms with Crippen LogP contribution < -0.4 is 10.6 Å². The van der Waals surface area contributed by atoms with Crippen LogP contribution in [-0.2, 0) is 11.2 Å². The molecule has 0 aliphatic heterocycles. The molecule has 1 aromatic carbocycles. The highest BCUT2D eigenvalue weighted by Gasteiger charge is 2.17. The van der Waals surface area contributed by atoms with E-state index >= 15 is 0 Å². The second-order valence-corrected chi connectivity index (χ2v) is 4.49. The molecular formula is C15H22N2O2. The van der Waals surface area contributed by atoms with Gasteiger partial charge in [0.1, 0.15) is 0 Å². The number of aliphatic hydroxyl groups excluding tert-OH is 1. The topological polar surface area (TPSA) is 61.4 Å². The molecule has 104 valence electrons. The molecule has 0 bridgehead atoms. The number of carbonyl (C=O) groups excluding carboxylic acids is 1. The van der Waals surface area contributed by atoms with Crippen LogP contribution in [0.25, 0.3) is 0 Å². The molecule has 0 aromatic heterocycles. The number of aliphatic hydroxyl groups is 1. The Morgan fingerprint density at radius 2 is 2.11 bits per heavy atom. The van der Waals surface area contributed by atoms with Crippen LogP contribution in [-0.4, -0.2) is 36.2 Å². The maximum atomic E-state index is 11.7. The Morgan fingerprint density at radius 1 is 1.42 bits per heavy atom. The Balaban J connectivity index is 2.47. The molecule has 2 unspecified atom stereocenters. The number of amides is 1. The number of rotatable bonds is 8. The van der Waals surface area contributed by atoms with Gasteiger partial charge in [-0.25, -0.2) is 0 Å². The smallest absolute Gasteiger partial charge is 0.237 e. The molecule has 19 heavy (non-hydrogen) atoms. The number of nitrogens with one attached hydrogen (secondary N) is 2. The van der Waals surface area contributed by atoms with Crippen LogP contribution in [0.2, 0.25) is 0 Å². The van der Waals surface area contributed by atoms with Gasteiger partial charge >= 0.3 is 0 Å². The molecule has 0 saturated carbocycles. The maximum Gasteiger partial charge on any atom is 0.237 e. The minimum atomic E-state index is -0.346. The Bertz CT molecular complexity index is 392. The zero-order valence-corrected chi connectivity index (χ0v) is 11.3. The van der Waals surface area contributed by atoms with Crippen molar-refractivity contribution in [1.82, 2.24) is 10.6 Å². The molecule has 0 heterocycles. The monoisotopic (exact) mass is 262 g/mol. The molecular weight excluding hydrogens is 240 g/mol. The van der Waals surface area contributed by atoms with Crippen LogP contribution in [0.1, 0.15) is 12.5 Å². The molecule has 4 nitrogen and oxygen atoms in total. The lowest BCUT2D eigenvalue weighted by molar-refractivity contribution is -0.122. The second kappa shape index (κ2) is 8.45. The summed E-state index contributed by atoms with van der Waals surface area (Å²) in [6.45, 7) is 5.78. The zero-order chi connectivity index (χ0) is 14.1. The van der Waals surface area contributed by atoms with Gasteiger partial charge in [-0.3, -0.25) is 4.79 Å². The summed E-state index contributed by atoms with van der Waals surface area (Å²) < 4.78 is 0. The number of benzene rings is 1. The molecule has 1 amide bonds. The van der Waals surface area contributed by atoms with Gasteiger partial charge in [-0.05, 0) is 18.9 Å². The molecule has 0 aliphatic carbocycles. The summed E-state index contributed by atoms with van der Waals surface area (Å²) in [4.78, 5) is 11.7. The van der Waals surface area contributed by atoms with Gasteiger partial charge in [0.25, 0.3) is 0 Å². The van der Waals surface area contributed by atoms with E-state index in [-0.39, 0.29) is 24.6 Å². The SMILES string of the molecule is C=CCNC(=O)C(C)NC(CO)Cc1ccccc1. The van der Waals surface area contributed by atoms with Crippen LogP contribution in [0.3, 0.4) is 0 Å². The number of hydrogen-bond acceptors (Lipinski definition) is 3. The van der Waals surface area contributed by atoms with Crippen LogP contribution in [0.4, 0.5) is 0 Å². The highest BCUT2D eigenvalue weighted by molar-refractivity contribution is 5.81. The van der Waals surface area contributed by atoms with E-state index in [0.717, 1.165) is 5.56 Å². The molecule has 0 spiro atoms. The first-order chi connectivity index (χ1) is 9.17. The second-order valence-electron chi connectivity index (χ2n) is 4.49. The van der Waals surface area contributed by atoms with E-state index in [4.69, 9.17) is 0 Å². The molecule has 4 heteroatoms. The predicted molar refractivity (Wildman–Crippen MR) is 76.8 cm³/mol. The summed E-state index contributed by atoms with van der Waals surface area (Å²) in [5.41, 5.74) is 1.13. The van der Waals surface area contributed by atoms with Gasteiger partial charge in [-0.2, -0.15) is 0 Å². The van der Waals surface area contributed by atoms with Crippen molar-refractivity contribution in [3.63, 3.8) is 0 Å². The molecule has 3 N–H and O–H groups in total. The van der Waals surface area contributed by atoms with Crippen LogP contribution in [0.15, 0.2) is 43.0 Å². The highest BCUT2D eigenvalue weighted by atomic mass is 16.3. The largest absolute Gasteiger partial charge is 0.395 e. The van der Waals surface area contributed by atoms with E-state index in [1.165, 1.54) is 0 Å². The molecule has 1 rings (SSSR count). The molecule has 0 saturated heterocycles. The zero-order valence-electron chi connectivity index (χ0n) is 11.3. The van der Waals surface area contributed by atoms with Crippen LogP contribution in [0, 0.1) is 0 Å². The molecule has 0 radical (unpaired) electrons. The van der Waals surface area contributed by atoms with Gasteiger partial charge in [0, 0.05) is 12.6 Å². The lowest BCUT2D eigenvalue weighted by atomic mass is 10.1. The number of carbonyl (C=O) groups is 1. The summed E-state index contributed by atoms with van der Waals surface area (Å²) >= 11 is 0. The third kappa shape index (κ3) is 5.68. The molecule has 2 atom stereocenters. The van der Waals surface area contributed by atoms with Crippen molar-refractivity contribution >= 4 is 5.91 Å². The maximum absolute atomic E-state index is 11.7. The Kier molecular flexibility index (Phi) is 6.85. The molecule has 1 aromatic rings. The van der Waals surface area contributed by atoms with Crippen molar-refractivity contribution in [2.24, 2.45) is 0 Å². The van der Waals surface area contributed by atoms with E-state index in [1.54, 1.807) is 13.0 Å². The van der Waals surface area contributed by atoms with Gasteiger partial charge in [0.2, 0.25) is 5.91 Å². The third-order valence-corrected chi connectivity index (χ3v) is 2.84. The summed E-state index contributed by atoms with van der Waals surface area (Å²) in [5.74, 6) is -0.0913. The van der Waals surface area contributed by atoms with Crippen molar-refractivity contribution in [3.05, 3.63) is 48.6 Å². The van der Waals surface area contributed by atoms with E-state index < -0.39 is 0 Å². The van der Waals surface area contributed by atoms with Crippen LogP contribution >= 0.6 is 0 Å². The highest BCUT2D eigenvalue weighted by Crippen LogP contribution is 2.03. The average Bonchev–Trinajstić information content (AvgIpc) is 2.44. The fourth-order valence-corrected chi connectivity index (χ4v) is 1.83. The number of hydrogen-bond donors (Lipinski definition) is 3. The predicted octanol–water partition coefficient (Wildman–Crippen LogP) is 0.870. The first-order valence-corrected chi connectivity index (χ1v) is 6.46. The van der Waals surface area contributed by atoms with Crippen molar-refractivity contribution in [1.29, 1.82) is 0 Å². The van der Waals surface area contributed by atoms with Crippen molar-refractivity contribution < 1.29 is 9.90 Å². The summed E-state index contributed by atoms with van der Waals surface area (Å²) in [7, 11) is 0. The van der Waals surface area contributed by atoms with Crippen LogP contribution in [0.5, 0.6) is 0 Å². The summed E-state index contributed by atoms with van der Waals surface area (Å²) in [5, 5.41) is 15.2. The van der Waals surface area contributed by atoms with Gasteiger partial charge < -0.3 is 15.7 Å². The van der Waals surface area contributed by atoms with Gasteiger partial charge in [0.05, 0.1) is 12.6 Å². The Labute approximate surface area is 114 Å². The quantitative estimate of drug-likeness (QED) is 0.609. The summed E-state index contributed by atoms with van der Waals surface area (Å²) in [6, 6.07) is 9.41. The van der Waals surface area contributed by atoms with Crippen molar-refractivity contribution in [2.45, 2.75) is 25.4 Å². The van der Waals surface area contributed by atoms with E-state index in [1.807, 2.05) is 30.3 Å². The van der Waals surface area contributed by atoms with E-state index in [0.29, 0.717) is 13.0 Å². The minimum absolute atomic E-state index is 0.00598. The fraction of sp³-hybridized carbons (Fsp3) is 0.400. The van der Waals surface area contributed by atoms with E-state index in [9.17, 15) is 9.90 Å². The van der Waals surface area contributed by atoms with Crippen molar-refractivity contribution in [2.75, 3.05) is 13.2 Å². The fourth-order valence-electron chi connectivity index (χ4n) is 1.83. The first-order valence-electron chi connectivity index (χ1n) is 6.46. The first kappa shape index (κ1) is 15.4. The van der Waals surface area contributed by atoms with E-state index in [2.05, 4.69) is 17.2 Å². The lowest BCUT2D eigenvalue weighted by Crippen LogP contribution is -2.48. The average molecular weight is 262 g/mol. The Morgan fingerprint density at radius 3 is 2.68 bits per heavy atom. The van der Waals surface area contributed by atoms with Gasteiger partial charge in [-0.1, -0.05) is 36.4 Å².